The Hall–Kier alpha value is -5.07. The van der Waals surface area contributed by atoms with Crippen molar-refractivity contribution in [2.24, 2.45) is 0 Å². The van der Waals surface area contributed by atoms with Crippen molar-refractivity contribution in [1.82, 2.24) is 30.1 Å². The van der Waals surface area contributed by atoms with E-state index in [0.29, 0.717) is 34.7 Å². The van der Waals surface area contributed by atoms with E-state index in [4.69, 9.17) is 11.6 Å². The Kier molecular flexibility index (Phi) is 20.6. The van der Waals surface area contributed by atoms with Gasteiger partial charge in [-0.05, 0) is 101 Å². The van der Waals surface area contributed by atoms with Crippen LogP contribution in [-0.4, -0.2) is 30.1 Å². The van der Waals surface area contributed by atoms with Gasteiger partial charge in [0.05, 0.1) is 16.9 Å². The normalized spacial score (nSPS) is 10.4. The molecule has 0 aliphatic rings. The summed E-state index contributed by atoms with van der Waals surface area (Å²) in [5, 5.41) is 12.2. The van der Waals surface area contributed by atoms with E-state index < -0.39 is 0 Å². The highest BCUT2D eigenvalue weighted by Gasteiger charge is 2.02. The van der Waals surface area contributed by atoms with Gasteiger partial charge in [-0.2, -0.15) is 10.2 Å². The standard InChI is InChI=1S/2C12H13N.C9H12.C8H12N2.C7H9ClN2.CH4/c1-9(2)10-3-4-12-8-13-6-5-11(12)7-10;1-9(2)10-5-6-12-11(8-10)4-3-7-13-12;1-8(2)9-6-4-3-5-7-9;1-6(2)8-5-4-7(3)9-10-8;1-5(2)6-3-7(8)10-4-9-6;/h2*3-9H,1-2H3;3-8H,1-2H3;4-6H,1-3H3;3-5H,1-2H3;1H4. The van der Waals surface area contributed by atoms with Gasteiger partial charge < -0.3 is 0 Å². The molecular weight excluding hydrogens is 708 g/mol. The number of benzene rings is 3. The quantitative estimate of drug-likeness (QED) is 0.162. The van der Waals surface area contributed by atoms with E-state index in [1.807, 2.05) is 49.8 Å². The molecule has 296 valence electrons. The second kappa shape index (κ2) is 24.4. The molecule has 7 aromatic rings. The Labute approximate surface area is 342 Å². The fraction of sp³-hybridized carbons (Fsp3) is 0.347. The zero-order valence-electron chi connectivity index (χ0n) is 34.6. The van der Waals surface area contributed by atoms with Gasteiger partial charge in [0.15, 0.2) is 0 Å². The van der Waals surface area contributed by atoms with Crippen molar-refractivity contribution in [3.63, 3.8) is 0 Å². The number of pyridine rings is 2. The van der Waals surface area contributed by atoms with Crippen molar-refractivity contribution in [2.45, 2.75) is 113 Å². The summed E-state index contributed by atoms with van der Waals surface area (Å²) in [6.45, 7) is 23.5. The molecule has 4 heterocycles. The SMILES string of the molecule is C.CC(C)c1cc(Cl)ncn1.CC(C)c1ccc2cnccc2c1.CC(C)c1ccc2ncccc2c1.CC(C)c1ccccc1.Cc1ccc(C(C)C)nn1. The third-order valence-electron chi connectivity index (χ3n) is 8.75. The first-order valence-corrected chi connectivity index (χ1v) is 19.6. The van der Waals surface area contributed by atoms with Gasteiger partial charge in [0.25, 0.3) is 0 Å². The van der Waals surface area contributed by atoms with Gasteiger partial charge >= 0.3 is 0 Å². The van der Waals surface area contributed by atoms with Crippen molar-refractivity contribution in [1.29, 1.82) is 0 Å². The largest absolute Gasteiger partial charge is 0.264 e. The summed E-state index contributed by atoms with van der Waals surface area (Å²) in [6, 6.07) is 35.5. The van der Waals surface area contributed by atoms with Crippen LogP contribution in [0.15, 0.2) is 128 Å². The summed E-state index contributed by atoms with van der Waals surface area (Å²) in [5.41, 5.74) is 8.28. The first kappa shape index (κ1) is 47.1. The van der Waals surface area contributed by atoms with Crippen molar-refractivity contribution >= 4 is 33.3 Å². The Balaban J connectivity index is 0.000000243. The minimum absolute atomic E-state index is 0. The van der Waals surface area contributed by atoms with E-state index >= 15 is 0 Å². The molecule has 0 amide bonds. The lowest BCUT2D eigenvalue weighted by molar-refractivity contribution is 0.777. The van der Waals surface area contributed by atoms with Crippen molar-refractivity contribution in [3.05, 3.63) is 167 Å². The van der Waals surface area contributed by atoms with E-state index in [2.05, 4.69) is 172 Å². The molecule has 0 atom stereocenters. The second-order valence-corrected chi connectivity index (χ2v) is 15.4. The number of rotatable bonds is 5. The predicted molar refractivity (Wildman–Crippen MR) is 241 cm³/mol. The monoisotopic (exact) mass is 770 g/mol. The minimum Gasteiger partial charge on any atom is -0.264 e. The van der Waals surface area contributed by atoms with Gasteiger partial charge in [0.2, 0.25) is 0 Å². The Morgan fingerprint density at radius 2 is 1.09 bits per heavy atom. The summed E-state index contributed by atoms with van der Waals surface area (Å²) >= 11 is 5.64. The number of nitrogens with zero attached hydrogens (tertiary/aromatic N) is 6. The van der Waals surface area contributed by atoms with Gasteiger partial charge in [0.1, 0.15) is 11.5 Å². The lowest BCUT2D eigenvalue weighted by Gasteiger charge is -2.05. The van der Waals surface area contributed by atoms with Crippen molar-refractivity contribution in [3.8, 4) is 0 Å². The summed E-state index contributed by atoms with van der Waals surface area (Å²) < 4.78 is 0. The zero-order chi connectivity index (χ0) is 40.3. The smallest absolute Gasteiger partial charge is 0.132 e. The first-order valence-electron chi connectivity index (χ1n) is 19.3. The predicted octanol–water partition coefficient (Wildman–Crippen LogP) is 14.3. The number of hydrogen-bond donors (Lipinski definition) is 0. The highest BCUT2D eigenvalue weighted by Crippen LogP contribution is 2.21. The number of fused-ring (bicyclic) bond motifs is 2. The molecule has 0 aliphatic carbocycles. The summed E-state index contributed by atoms with van der Waals surface area (Å²) in [7, 11) is 0. The topological polar surface area (TPSA) is 77.3 Å². The molecule has 4 aromatic heterocycles. The van der Waals surface area contributed by atoms with Crippen LogP contribution in [0.4, 0.5) is 0 Å². The van der Waals surface area contributed by atoms with E-state index in [9.17, 15) is 0 Å². The molecule has 0 fully saturated rings. The fourth-order valence-electron chi connectivity index (χ4n) is 5.13. The number of aryl methyl sites for hydroxylation is 1. The maximum Gasteiger partial charge on any atom is 0.132 e. The van der Waals surface area contributed by atoms with Crippen LogP contribution in [0.1, 0.15) is 140 Å². The Morgan fingerprint density at radius 1 is 0.464 bits per heavy atom. The van der Waals surface area contributed by atoms with Gasteiger partial charge in [-0.25, -0.2) is 9.97 Å². The highest BCUT2D eigenvalue weighted by atomic mass is 35.5. The summed E-state index contributed by atoms with van der Waals surface area (Å²) in [4.78, 5) is 16.2. The lowest BCUT2D eigenvalue weighted by atomic mass is 10.0. The van der Waals surface area contributed by atoms with Crippen LogP contribution >= 0.6 is 11.6 Å². The molecule has 0 aliphatic heterocycles. The van der Waals surface area contributed by atoms with E-state index in [1.54, 1.807) is 6.07 Å². The Morgan fingerprint density at radius 3 is 1.62 bits per heavy atom. The average molecular weight is 772 g/mol. The maximum absolute atomic E-state index is 5.64. The van der Waals surface area contributed by atoms with Gasteiger partial charge in [-0.15, -0.1) is 0 Å². The molecule has 3 aromatic carbocycles. The molecule has 0 N–H and O–H groups in total. The zero-order valence-corrected chi connectivity index (χ0v) is 35.3. The van der Waals surface area contributed by atoms with Crippen LogP contribution in [0.3, 0.4) is 0 Å². The molecule has 0 unspecified atom stereocenters. The van der Waals surface area contributed by atoms with Crippen LogP contribution < -0.4 is 0 Å². The van der Waals surface area contributed by atoms with Gasteiger partial charge in [-0.3, -0.25) is 9.97 Å². The molecule has 56 heavy (non-hydrogen) atoms. The molecule has 7 rings (SSSR count). The van der Waals surface area contributed by atoms with E-state index in [-0.39, 0.29) is 7.43 Å². The summed E-state index contributed by atoms with van der Waals surface area (Å²) in [5.74, 6) is 2.74. The van der Waals surface area contributed by atoms with Gasteiger partial charge in [-0.1, -0.05) is 149 Å². The lowest BCUT2D eigenvalue weighted by Crippen LogP contribution is -1.95. The van der Waals surface area contributed by atoms with Gasteiger partial charge in [0, 0.05) is 35.1 Å². The third-order valence-corrected chi connectivity index (χ3v) is 8.95. The van der Waals surface area contributed by atoms with Crippen LogP contribution in [-0.2, 0) is 0 Å². The second-order valence-electron chi connectivity index (χ2n) is 15.0. The van der Waals surface area contributed by atoms with Crippen LogP contribution in [0.2, 0.25) is 5.15 Å². The molecule has 0 saturated heterocycles. The molecule has 7 heteroatoms. The van der Waals surface area contributed by atoms with E-state index in [0.717, 1.165) is 22.6 Å². The molecule has 0 spiro atoms. The molecule has 0 bridgehead atoms. The number of halogens is 1. The maximum atomic E-state index is 5.64. The van der Waals surface area contributed by atoms with Crippen molar-refractivity contribution < 1.29 is 0 Å². The molecular formula is C49H63ClN6. The highest BCUT2D eigenvalue weighted by molar-refractivity contribution is 6.29. The van der Waals surface area contributed by atoms with Crippen LogP contribution in [0.5, 0.6) is 0 Å². The fourth-order valence-corrected chi connectivity index (χ4v) is 5.29. The van der Waals surface area contributed by atoms with Crippen LogP contribution in [0, 0.1) is 6.92 Å². The number of aromatic nitrogens is 6. The average Bonchev–Trinajstić information content (AvgIpc) is 3.19. The number of hydrogen-bond acceptors (Lipinski definition) is 6. The molecule has 0 saturated carbocycles. The molecule has 0 radical (unpaired) electrons. The summed E-state index contributed by atoms with van der Waals surface area (Å²) in [6.07, 6.45) is 7.06. The molecule has 6 nitrogen and oxygen atoms in total. The minimum atomic E-state index is 0. The van der Waals surface area contributed by atoms with E-state index in [1.165, 1.54) is 39.2 Å². The van der Waals surface area contributed by atoms with Crippen molar-refractivity contribution in [2.75, 3.05) is 0 Å². The Bertz CT molecular complexity index is 2040. The third kappa shape index (κ3) is 16.3. The first-order chi connectivity index (χ1) is 26.2. The van der Waals surface area contributed by atoms with Crippen LogP contribution in [0.25, 0.3) is 21.7 Å².